The van der Waals surface area contributed by atoms with Gasteiger partial charge in [-0.2, -0.15) is 0 Å². The fourth-order valence-corrected chi connectivity index (χ4v) is 2.08. The normalized spacial score (nSPS) is 10.1. The molecule has 14 heavy (non-hydrogen) atoms. The monoisotopic (exact) mass is 225 g/mol. The molecule has 0 bridgehead atoms. The van der Waals surface area contributed by atoms with E-state index in [9.17, 15) is 4.79 Å². The Morgan fingerprint density at radius 2 is 2.43 bits per heavy atom. The van der Waals surface area contributed by atoms with Gasteiger partial charge in [0, 0.05) is 11.6 Å². The summed E-state index contributed by atoms with van der Waals surface area (Å²) in [6.07, 6.45) is 1.60. The van der Waals surface area contributed by atoms with Gasteiger partial charge in [0.05, 0.1) is 5.69 Å². The van der Waals surface area contributed by atoms with E-state index in [1.54, 1.807) is 12.3 Å². The van der Waals surface area contributed by atoms with Crippen molar-refractivity contribution in [1.29, 1.82) is 0 Å². The molecule has 72 valence electrons. The lowest BCUT2D eigenvalue weighted by Gasteiger charge is -1.96. The quantitative estimate of drug-likeness (QED) is 0.852. The van der Waals surface area contributed by atoms with Crippen LogP contribution in [0.15, 0.2) is 17.6 Å². The summed E-state index contributed by atoms with van der Waals surface area (Å²) in [5.41, 5.74) is 0.912. The van der Waals surface area contributed by atoms with Gasteiger partial charge in [-0.15, -0.1) is 11.3 Å². The van der Waals surface area contributed by atoms with Gasteiger partial charge in [0.15, 0.2) is 5.13 Å². The smallest absolute Gasteiger partial charge is 0.269 e. The van der Waals surface area contributed by atoms with Gasteiger partial charge < -0.3 is 0 Å². The number of hydrogen-bond acceptors (Lipinski definition) is 5. The Labute approximate surface area is 88.8 Å². The standard InChI is InChI=1S/C8H7N3OS2/c1-5-4-13-8(10-5)11-7(12)6-2-3-9-14-6/h2-4H,1H3,(H,10,11,12). The van der Waals surface area contributed by atoms with Crippen molar-refractivity contribution in [2.45, 2.75) is 6.92 Å². The van der Waals surface area contributed by atoms with Crippen LogP contribution < -0.4 is 5.32 Å². The molecular weight excluding hydrogens is 218 g/mol. The third-order valence-corrected chi connectivity index (χ3v) is 3.12. The number of rotatable bonds is 2. The molecule has 2 aromatic heterocycles. The minimum atomic E-state index is -0.151. The summed E-state index contributed by atoms with van der Waals surface area (Å²) in [5.74, 6) is -0.151. The van der Waals surface area contributed by atoms with Crippen LogP contribution in [0.2, 0.25) is 0 Å². The topological polar surface area (TPSA) is 54.9 Å². The van der Waals surface area contributed by atoms with Gasteiger partial charge in [0.2, 0.25) is 0 Å². The average molecular weight is 225 g/mol. The van der Waals surface area contributed by atoms with Crippen molar-refractivity contribution < 1.29 is 4.79 Å². The highest BCUT2D eigenvalue weighted by Gasteiger charge is 2.09. The maximum absolute atomic E-state index is 11.5. The minimum absolute atomic E-state index is 0.151. The molecule has 4 nitrogen and oxygen atoms in total. The molecule has 2 heterocycles. The van der Waals surface area contributed by atoms with Gasteiger partial charge in [-0.05, 0) is 24.5 Å². The summed E-state index contributed by atoms with van der Waals surface area (Å²) >= 11 is 2.59. The van der Waals surface area contributed by atoms with E-state index in [0.717, 1.165) is 5.69 Å². The maximum atomic E-state index is 11.5. The second-order valence-electron chi connectivity index (χ2n) is 2.62. The number of carbonyl (C=O) groups excluding carboxylic acids is 1. The summed E-state index contributed by atoms with van der Waals surface area (Å²) in [7, 11) is 0. The zero-order valence-corrected chi connectivity index (χ0v) is 8.98. The van der Waals surface area contributed by atoms with Crippen molar-refractivity contribution in [3.8, 4) is 0 Å². The number of thiazole rings is 1. The van der Waals surface area contributed by atoms with Crippen molar-refractivity contribution >= 4 is 33.9 Å². The third kappa shape index (κ3) is 1.97. The Balaban J connectivity index is 2.09. The van der Waals surface area contributed by atoms with Gasteiger partial charge >= 0.3 is 0 Å². The SMILES string of the molecule is Cc1csc(NC(=O)c2ccns2)n1. The lowest BCUT2D eigenvalue weighted by Crippen LogP contribution is -2.09. The molecule has 0 spiro atoms. The van der Waals surface area contributed by atoms with Crippen molar-refractivity contribution in [2.24, 2.45) is 0 Å². The first-order valence-electron chi connectivity index (χ1n) is 3.90. The molecule has 2 rings (SSSR count). The highest BCUT2D eigenvalue weighted by molar-refractivity contribution is 7.14. The molecule has 2 aromatic rings. The van der Waals surface area contributed by atoms with Crippen molar-refractivity contribution in [2.75, 3.05) is 5.32 Å². The fraction of sp³-hybridized carbons (Fsp3) is 0.125. The molecule has 0 aliphatic heterocycles. The van der Waals surface area contributed by atoms with Gasteiger partial charge in [-0.25, -0.2) is 9.36 Å². The highest BCUT2D eigenvalue weighted by atomic mass is 32.1. The molecule has 6 heteroatoms. The fourth-order valence-electron chi connectivity index (χ4n) is 0.903. The summed E-state index contributed by atoms with van der Waals surface area (Å²) in [6, 6.07) is 1.68. The first-order valence-corrected chi connectivity index (χ1v) is 5.55. The van der Waals surface area contributed by atoms with E-state index < -0.39 is 0 Å². The Morgan fingerprint density at radius 1 is 1.57 bits per heavy atom. The second-order valence-corrected chi connectivity index (χ2v) is 4.32. The van der Waals surface area contributed by atoms with E-state index in [1.807, 2.05) is 12.3 Å². The van der Waals surface area contributed by atoms with Crippen LogP contribution >= 0.6 is 22.9 Å². The van der Waals surface area contributed by atoms with Crippen molar-refractivity contribution in [3.63, 3.8) is 0 Å². The molecule has 0 saturated carbocycles. The molecule has 0 aliphatic carbocycles. The summed E-state index contributed by atoms with van der Waals surface area (Å²) in [6.45, 7) is 1.89. The number of carbonyl (C=O) groups is 1. The molecule has 0 atom stereocenters. The van der Waals surface area contributed by atoms with E-state index in [0.29, 0.717) is 10.0 Å². The molecular formula is C8H7N3OS2. The zero-order valence-electron chi connectivity index (χ0n) is 7.35. The highest BCUT2D eigenvalue weighted by Crippen LogP contribution is 2.16. The largest absolute Gasteiger partial charge is 0.297 e. The lowest BCUT2D eigenvalue weighted by atomic mass is 10.5. The van der Waals surface area contributed by atoms with Crippen molar-refractivity contribution in [3.05, 3.63) is 28.2 Å². The van der Waals surface area contributed by atoms with E-state index in [-0.39, 0.29) is 5.91 Å². The van der Waals surface area contributed by atoms with Gasteiger partial charge in [-0.1, -0.05) is 0 Å². The van der Waals surface area contributed by atoms with Crippen LogP contribution in [0, 0.1) is 6.92 Å². The van der Waals surface area contributed by atoms with Gasteiger partial charge in [0.1, 0.15) is 4.88 Å². The summed E-state index contributed by atoms with van der Waals surface area (Å²) in [5, 5.41) is 5.22. The van der Waals surface area contributed by atoms with Gasteiger partial charge in [-0.3, -0.25) is 10.1 Å². The molecule has 0 aromatic carbocycles. The van der Waals surface area contributed by atoms with Crippen LogP contribution in [0.3, 0.4) is 0 Å². The summed E-state index contributed by atoms with van der Waals surface area (Å²) < 4.78 is 3.85. The Morgan fingerprint density at radius 3 is 3.00 bits per heavy atom. The summed E-state index contributed by atoms with van der Waals surface area (Å²) in [4.78, 5) is 16.2. The number of amides is 1. The molecule has 1 N–H and O–H groups in total. The van der Waals surface area contributed by atoms with E-state index in [2.05, 4.69) is 14.7 Å². The second kappa shape index (κ2) is 3.85. The first-order chi connectivity index (χ1) is 6.75. The number of hydrogen-bond donors (Lipinski definition) is 1. The van der Waals surface area contributed by atoms with E-state index in [1.165, 1.54) is 22.9 Å². The zero-order chi connectivity index (χ0) is 9.97. The van der Waals surface area contributed by atoms with Crippen LogP contribution in [0.25, 0.3) is 0 Å². The predicted molar refractivity (Wildman–Crippen MR) is 56.9 cm³/mol. The van der Waals surface area contributed by atoms with Crippen molar-refractivity contribution in [1.82, 2.24) is 9.36 Å². The van der Waals surface area contributed by atoms with Crippen LogP contribution in [0.5, 0.6) is 0 Å². The molecule has 1 amide bonds. The van der Waals surface area contributed by atoms with Crippen LogP contribution in [0.1, 0.15) is 15.4 Å². The Hall–Kier alpha value is -1.27. The van der Waals surface area contributed by atoms with Crippen LogP contribution in [-0.2, 0) is 0 Å². The van der Waals surface area contributed by atoms with Crippen LogP contribution in [-0.4, -0.2) is 15.3 Å². The lowest BCUT2D eigenvalue weighted by molar-refractivity contribution is 0.103. The van der Waals surface area contributed by atoms with Crippen LogP contribution in [0.4, 0.5) is 5.13 Å². The minimum Gasteiger partial charge on any atom is -0.297 e. The first kappa shape index (κ1) is 9.29. The molecule has 0 radical (unpaired) electrons. The number of anilines is 1. The molecule has 0 aliphatic rings. The van der Waals surface area contributed by atoms with E-state index >= 15 is 0 Å². The molecule has 0 saturated heterocycles. The van der Waals surface area contributed by atoms with Gasteiger partial charge in [0.25, 0.3) is 5.91 Å². The molecule has 0 fully saturated rings. The predicted octanol–water partition coefficient (Wildman–Crippen LogP) is 2.16. The van der Waals surface area contributed by atoms with E-state index in [4.69, 9.17) is 0 Å². The average Bonchev–Trinajstić information content (AvgIpc) is 2.75. The number of nitrogens with one attached hydrogen (secondary N) is 1. The Bertz CT molecular complexity index is 435. The number of aryl methyl sites for hydroxylation is 1. The number of nitrogens with zero attached hydrogens (tertiary/aromatic N) is 2. The Kier molecular flexibility index (Phi) is 2.55. The maximum Gasteiger partial charge on any atom is 0.269 e. The molecule has 0 unspecified atom stereocenters. The number of aromatic nitrogens is 2. The third-order valence-electron chi connectivity index (χ3n) is 1.50.